The molecule has 7 nitrogen and oxygen atoms in total. The van der Waals surface area contributed by atoms with Gasteiger partial charge in [-0.3, -0.25) is 14.3 Å². The lowest BCUT2D eigenvalue weighted by atomic mass is 9.82. The summed E-state index contributed by atoms with van der Waals surface area (Å²) >= 11 is 12.2. The van der Waals surface area contributed by atoms with E-state index in [1.807, 2.05) is 0 Å². The van der Waals surface area contributed by atoms with Crippen LogP contribution in [0.5, 0.6) is 11.5 Å². The zero-order chi connectivity index (χ0) is 19.8. The van der Waals surface area contributed by atoms with Crippen LogP contribution in [-0.2, 0) is 14.3 Å². The monoisotopic (exact) mass is 431 g/mol. The van der Waals surface area contributed by atoms with Gasteiger partial charge in [0, 0.05) is 32.0 Å². The van der Waals surface area contributed by atoms with Crippen molar-refractivity contribution in [3.63, 3.8) is 0 Å². The second-order valence-electron chi connectivity index (χ2n) is 6.18. The molecule has 0 bridgehead atoms. The molecule has 0 aliphatic carbocycles. The third-order valence-corrected chi connectivity index (χ3v) is 5.29. The Hall–Kier alpha value is -1.87. The summed E-state index contributed by atoms with van der Waals surface area (Å²) < 4.78 is 34.0. The smallest absolute Gasteiger partial charge is 0.264 e. The fourth-order valence-corrected chi connectivity index (χ4v) is 3.90. The summed E-state index contributed by atoms with van der Waals surface area (Å²) in [4.78, 5) is 10.9. The highest BCUT2D eigenvalue weighted by atomic mass is 35.5. The molecule has 1 aliphatic rings. The molecule has 0 saturated heterocycles. The lowest BCUT2D eigenvalue weighted by Gasteiger charge is -2.23. The van der Waals surface area contributed by atoms with Gasteiger partial charge < -0.3 is 4.74 Å². The van der Waals surface area contributed by atoms with E-state index in [9.17, 15) is 18.5 Å². The molecule has 27 heavy (non-hydrogen) atoms. The van der Waals surface area contributed by atoms with Crippen LogP contribution in [0.15, 0.2) is 36.4 Å². The van der Waals surface area contributed by atoms with Gasteiger partial charge in [-0.05, 0) is 36.4 Å². The first-order valence-electron chi connectivity index (χ1n) is 7.87. The van der Waals surface area contributed by atoms with E-state index >= 15 is 0 Å². The number of halogens is 2. The second kappa shape index (κ2) is 7.63. The lowest BCUT2D eigenvalue weighted by molar-refractivity contribution is -0.484. The van der Waals surface area contributed by atoms with Crippen molar-refractivity contribution in [1.82, 2.24) is 0 Å². The molecule has 2 unspecified atom stereocenters. The molecule has 0 amide bonds. The quantitative estimate of drug-likeness (QED) is 0.399. The van der Waals surface area contributed by atoms with Gasteiger partial charge in [0.25, 0.3) is 10.1 Å². The van der Waals surface area contributed by atoms with E-state index in [4.69, 9.17) is 32.1 Å². The Bertz CT molecular complexity index is 995. The predicted molar refractivity (Wildman–Crippen MR) is 101 cm³/mol. The number of nitrogens with zero attached hydrogens (tertiary/aromatic N) is 1. The Labute approximate surface area is 166 Å². The number of fused-ring (bicyclic) bond motifs is 2. The fourth-order valence-electron chi connectivity index (χ4n) is 3.15. The van der Waals surface area contributed by atoms with Crippen molar-refractivity contribution in [1.29, 1.82) is 0 Å². The second-order valence-corrected chi connectivity index (χ2v) is 8.70. The molecule has 0 fully saturated rings. The fraction of sp³-hybridized carbons (Fsp3) is 0.294. The lowest BCUT2D eigenvalue weighted by Crippen LogP contribution is -2.24. The Kier molecular flexibility index (Phi) is 5.62. The predicted octanol–water partition coefficient (Wildman–Crippen LogP) is 4.22. The van der Waals surface area contributed by atoms with E-state index in [1.54, 1.807) is 36.4 Å². The van der Waals surface area contributed by atoms with Crippen LogP contribution in [0.1, 0.15) is 23.0 Å². The third kappa shape index (κ3) is 4.70. The standard InChI is InChI=1S/C17H15Cl2NO6S/c1-27(23,24)25-9-15-13-7-11(19)3-5-17(13)26-16-4-2-10(18)6-12(16)14(15)8-20(21)22/h2-7,14-15H,8-9H2,1H3. The summed E-state index contributed by atoms with van der Waals surface area (Å²) in [5.74, 6) is -0.568. The van der Waals surface area contributed by atoms with E-state index in [0.717, 1.165) is 6.26 Å². The molecular formula is C17H15Cl2NO6S. The number of hydrogen-bond acceptors (Lipinski definition) is 6. The summed E-state index contributed by atoms with van der Waals surface area (Å²) in [6.07, 6.45) is 0.923. The van der Waals surface area contributed by atoms with Crippen molar-refractivity contribution < 1.29 is 22.3 Å². The van der Waals surface area contributed by atoms with Gasteiger partial charge in [-0.25, -0.2) is 0 Å². The molecule has 10 heteroatoms. The van der Waals surface area contributed by atoms with Crippen LogP contribution in [-0.4, -0.2) is 32.7 Å². The van der Waals surface area contributed by atoms with Crippen LogP contribution >= 0.6 is 23.2 Å². The van der Waals surface area contributed by atoms with Crippen LogP contribution < -0.4 is 4.74 Å². The Morgan fingerprint density at radius 1 is 1.07 bits per heavy atom. The zero-order valence-electron chi connectivity index (χ0n) is 14.1. The molecule has 1 aliphatic heterocycles. The molecular weight excluding hydrogens is 417 g/mol. The van der Waals surface area contributed by atoms with E-state index in [-0.39, 0.29) is 6.61 Å². The van der Waals surface area contributed by atoms with Crippen LogP contribution in [0.25, 0.3) is 0 Å². The molecule has 0 radical (unpaired) electrons. The molecule has 0 aromatic heterocycles. The topological polar surface area (TPSA) is 95.7 Å². The highest BCUT2D eigenvalue weighted by Gasteiger charge is 2.37. The number of benzene rings is 2. The molecule has 2 aromatic carbocycles. The van der Waals surface area contributed by atoms with E-state index in [0.29, 0.717) is 32.7 Å². The van der Waals surface area contributed by atoms with E-state index in [1.165, 1.54) is 0 Å². The maximum atomic E-state index is 11.5. The molecule has 3 rings (SSSR count). The van der Waals surface area contributed by atoms with Crippen molar-refractivity contribution >= 4 is 33.3 Å². The molecule has 2 aromatic rings. The van der Waals surface area contributed by atoms with Crippen molar-refractivity contribution in [2.75, 3.05) is 19.4 Å². The number of hydrogen-bond donors (Lipinski definition) is 0. The largest absolute Gasteiger partial charge is 0.457 e. The van der Waals surface area contributed by atoms with Gasteiger partial charge in [0.15, 0.2) is 0 Å². The summed E-state index contributed by atoms with van der Waals surface area (Å²) in [6, 6.07) is 9.70. The summed E-state index contributed by atoms with van der Waals surface area (Å²) in [6.45, 7) is -0.750. The molecule has 1 heterocycles. The highest BCUT2D eigenvalue weighted by molar-refractivity contribution is 7.85. The van der Waals surface area contributed by atoms with Crippen molar-refractivity contribution in [2.24, 2.45) is 0 Å². The maximum absolute atomic E-state index is 11.5. The molecule has 144 valence electrons. The SMILES string of the molecule is CS(=O)(=O)OCC1c2cc(Cl)ccc2Oc2ccc(Cl)cc2C1C[N+](=O)[O-]. The molecule has 0 spiro atoms. The van der Waals surface area contributed by atoms with Crippen molar-refractivity contribution in [3.8, 4) is 11.5 Å². The van der Waals surface area contributed by atoms with Crippen LogP contribution in [0.4, 0.5) is 0 Å². The number of rotatable bonds is 5. The average Bonchev–Trinajstić information content (AvgIpc) is 2.67. The minimum Gasteiger partial charge on any atom is -0.457 e. The maximum Gasteiger partial charge on any atom is 0.264 e. The Balaban J connectivity index is 2.19. The van der Waals surface area contributed by atoms with Gasteiger partial charge in [0.1, 0.15) is 11.5 Å². The van der Waals surface area contributed by atoms with Gasteiger partial charge in [0.05, 0.1) is 18.8 Å². The van der Waals surface area contributed by atoms with Crippen molar-refractivity contribution in [2.45, 2.75) is 11.8 Å². The van der Waals surface area contributed by atoms with Crippen LogP contribution in [0, 0.1) is 10.1 Å². The first-order chi connectivity index (χ1) is 12.6. The van der Waals surface area contributed by atoms with Crippen molar-refractivity contribution in [3.05, 3.63) is 67.7 Å². The Morgan fingerprint density at radius 2 is 1.59 bits per heavy atom. The van der Waals surface area contributed by atoms with Gasteiger partial charge >= 0.3 is 0 Å². The Morgan fingerprint density at radius 3 is 2.07 bits per heavy atom. The first kappa shape index (κ1) is 19.9. The number of ether oxygens (including phenoxy) is 1. The van der Waals surface area contributed by atoms with Gasteiger partial charge in [0.2, 0.25) is 6.54 Å². The summed E-state index contributed by atoms with van der Waals surface area (Å²) in [5.41, 5.74) is 1.04. The molecule has 0 saturated carbocycles. The minimum atomic E-state index is -3.76. The van der Waals surface area contributed by atoms with E-state index < -0.39 is 33.4 Å². The normalized spacial score (nSPS) is 18.8. The van der Waals surface area contributed by atoms with Gasteiger partial charge in [-0.15, -0.1) is 0 Å². The first-order valence-corrected chi connectivity index (χ1v) is 10.4. The van der Waals surface area contributed by atoms with Gasteiger partial charge in [-0.2, -0.15) is 8.42 Å². The average molecular weight is 432 g/mol. The van der Waals surface area contributed by atoms with E-state index in [2.05, 4.69) is 0 Å². The summed E-state index contributed by atoms with van der Waals surface area (Å²) in [7, 11) is -3.76. The third-order valence-electron chi connectivity index (χ3n) is 4.26. The van der Waals surface area contributed by atoms with Crippen LogP contribution in [0.2, 0.25) is 10.0 Å². The number of nitro groups is 1. The zero-order valence-corrected chi connectivity index (χ0v) is 16.4. The minimum absolute atomic E-state index is 0.292. The molecule has 2 atom stereocenters. The van der Waals surface area contributed by atoms with Gasteiger partial charge in [-0.1, -0.05) is 23.2 Å². The highest BCUT2D eigenvalue weighted by Crippen LogP contribution is 2.48. The van der Waals surface area contributed by atoms with Crippen LogP contribution in [0.3, 0.4) is 0 Å². The summed E-state index contributed by atoms with van der Waals surface area (Å²) in [5, 5.41) is 12.1. The molecule has 0 N–H and O–H groups in total.